The molecule has 50 heavy (non-hydrogen) atoms. The van der Waals surface area contributed by atoms with Gasteiger partial charge in [-0.25, -0.2) is 0 Å². The molecule has 1 aliphatic carbocycles. The van der Waals surface area contributed by atoms with Crippen LogP contribution in [0.2, 0.25) is 0 Å². The molecule has 0 radical (unpaired) electrons. The van der Waals surface area contributed by atoms with Crippen molar-refractivity contribution in [2.45, 2.75) is 167 Å². The zero-order valence-electron chi connectivity index (χ0n) is 31.9. The third-order valence-corrected chi connectivity index (χ3v) is 11.9. The first-order chi connectivity index (χ1) is 23.3. The van der Waals surface area contributed by atoms with Gasteiger partial charge < -0.3 is 53.7 Å². The van der Waals surface area contributed by atoms with Crippen molar-refractivity contribution in [1.29, 1.82) is 0 Å². The van der Waals surface area contributed by atoms with Gasteiger partial charge in [0.05, 0.1) is 48.1 Å². The predicted molar refractivity (Wildman–Crippen MR) is 183 cm³/mol. The largest absolute Gasteiger partial charge is 0.461 e. The van der Waals surface area contributed by atoms with Crippen molar-refractivity contribution in [3.63, 3.8) is 0 Å². The molecule has 0 spiro atoms. The van der Waals surface area contributed by atoms with Crippen LogP contribution < -0.4 is 0 Å². The number of esters is 1. The van der Waals surface area contributed by atoms with E-state index in [1.165, 1.54) is 7.11 Å². The van der Waals surface area contributed by atoms with Crippen molar-refractivity contribution in [3.8, 4) is 0 Å². The van der Waals surface area contributed by atoms with Crippen LogP contribution >= 0.6 is 0 Å². The van der Waals surface area contributed by atoms with Gasteiger partial charge >= 0.3 is 5.97 Å². The fourth-order valence-electron chi connectivity index (χ4n) is 8.55. The molecule has 4 aliphatic rings. The molecule has 13 nitrogen and oxygen atoms in total. The third-order valence-electron chi connectivity index (χ3n) is 11.9. The Bertz CT molecular complexity index is 1130. The SMILES string of the molecule is COC1CC(OC2C(C)C(=O)OC(C3CC3)C(C)C(O)C(C)C(=O)C(C)CC(C)(O)C(OC3OC(C)CC(N(C)C)C3O)C2C)OC(C)C1O. The van der Waals surface area contributed by atoms with Gasteiger partial charge in [0.25, 0.3) is 0 Å². The molecule has 4 fully saturated rings. The number of ketones is 1. The van der Waals surface area contributed by atoms with Crippen LogP contribution in [0.1, 0.15) is 87.5 Å². The number of nitrogens with zero attached hydrogens (tertiary/aromatic N) is 1. The van der Waals surface area contributed by atoms with E-state index < -0.39 is 103 Å². The number of Topliss-reactive ketones (excluding diaryl/α,β-unsaturated/α-hetero) is 1. The van der Waals surface area contributed by atoms with E-state index in [4.69, 9.17) is 28.4 Å². The topological polar surface area (TPSA) is 174 Å². The molecule has 4 N–H and O–H groups in total. The first kappa shape index (κ1) is 41.5. The normalized spacial score (nSPS) is 49.0. The zero-order valence-corrected chi connectivity index (χ0v) is 31.9. The van der Waals surface area contributed by atoms with Crippen molar-refractivity contribution in [2.75, 3.05) is 21.2 Å². The number of cyclic esters (lactones) is 1. The van der Waals surface area contributed by atoms with Crippen LogP contribution in [0, 0.1) is 35.5 Å². The summed E-state index contributed by atoms with van der Waals surface area (Å²) < 4.78 is 37.3. The Labute approximate surface area is 298 Å². The van der Waals surface area contributed by atoms with Crippen LogP contribution in [-0.2, 0) is 38.0 Å². The number of carbonyl (C=O) groups excluding carboxylic acids is 2. The summed E-state index contributed by atoms with van der Waals surface area (Å²) in [6.45, 7) is 13.9. The number of ether oxygens (including phenoxy) is 6. The van der Waals surface area contributed by atoms with Gasteiger partial charge in [-0.3, -0.25) is 9.59 Å². The Hall–Kier alpha value is -1.26. The van der Waals surface area contributed by atoms with Crippen molar-refractivity contribution in [3.05, 3.63) is 0 Å². The molecule has 3 heterocycles. The Morgan fingerprint density at radius 2 is 1.48 bits per heavy atom. The monoisotopic (exact) mass is 715 g/mol. The lowest BCUT2D eigenvalue weighted by Gasteiger charge is -2.48. The molecule has 0 bridgehead atoms. The molecule has 1 saturated carbocycles. The minimum atomic E-state index is -1.71. The summed E-state index contributed by atoms with van der Waals surface area (Å²) in [6, 6.07) is -0.290. The second-order valence-electron chi connectivity index (χ2n) is 16.4. The summed E-state index contributed by atoms with van der Waals surface area (Å²) in [7, 11) is 5.24. The quantitative estimate of drug-likeness (QED) is 0.283. The van der Waals surface area contributed by atoms with Gasteiger partial charge in [-0.2, -0.15) is 0 Å². The molecule has 0 amide bonds. The van der Waals surface area contributed by atoms with Crippen LogP contribution in [0.3, 0.4) is 0 Å². The van der Waals surface area contributed by atoms with Crippen molar-refractivity contribution in [1.82, 2.24) is 4.90 Å². The van der Waals surface area contributed by atoms with Gasteiger partial charge in [0.15, 0.2) is 12.6 Å². The molecule has 0 aromatic carbocycles. The average molecular weight is 716 g/mol. The van der Waals surface area contributed by atoms with Crippen molar-refractivity contribution >= 4 is 11.8 Å². The van der Waals surface area contributed by atoms with Gasteiger partial charge in [0.1, 0.15) is 24.1 Å². The zero-order chi connectivity index (χ0) is 37.4. The molecule has 3 aliphatic heterocycles. The lowest BCUT2D eigenvalue weighted by Crippen LogP contribution is -2.60. The van der Waals surface area contributed by atoms with E-state index in [2.05, 4.69) is 0 Å². The average Bonchev–Trinajstić information content (AvgIpc) is 3.90. The molecule has 3 saturated heterocycles. The highest BCUT2D eigenvalue weighted by Gasteiger charge is 2.52. The minimum absolute atomic E-state index is 0.0335. The number of rotatable bonds is 7. The molecule has 18 atom stereocenters. The molecule has 18 unspecified atom stereocenters. The molecular weight excluding hydrogens is 650 g/mol. The summed E-state index contributed by atoms with van der Waals surface area (Å²) in [5.74, 6) is -4.33. The number of aliphatic hydroxyl groups excluding tert-OH is 3. The number of hydrogen-bond donors (Lipinski definition) is 4. The molecule has 290 valence electrons. The first-order valence-corrected chi connectivity index (χ1v) is 18.6. The molecule has 4 rings (SSSR count). The maximum atomic E-state index is 14.2. The minimum Gasteiger partial charge on any atom is -0.461 e. The maximum absolute atomic E-state index is 14.2. The number of carbonyl (C=O) groups is 2. The summed E-state index contributed by atoms with van der Waals surface area (Å²) in [4.78, 5) is 29.9. The highest BCUT2D eigenvalue weighted by atomic mass is 16.7. The van der Waals surface area contributed by atoms with Gasteiger partial charge in [0.2, 0.25) is 0 Å². The molecular formula is C37H65NO12. The summed E-state index contributed by atoms with van der Waals surface area (Å²) in [6.07, 6.45) is -6.83. The van der Waals surface area contributed by atoms with Crippen molar-refractivity contribution < 1.29 is 58.4 Å². The highest BCUT2D eigenvalue weighted by molar-refractivity contribution is 5.83. The summed E-state index contributed by atoms with van der Waals surface area (Å²) in [5, 5.41) is 45.9. The predicted octanol–water partition coefficient (Wildman–Crippen LogP) is 2.28. The Kier molecular flexibility index (Phi) is 14.0. The number of aliphatic hydroxyl groups is 4. The van der Waals surface area contributed by atoms with Crippen LogP contribution in [0.5, 0.6) is 0 Å². The fraction of sp³-hybridized carbons (Fsp3) is 0.946. The summed E-state index contributed by atoms with van der Waals surface area (Å²) >= 11 is 0. The lowest BCUT2D eigenvalue weighted by molar-refractivity contribution is -0.311. The Morgan fingerprint density at radius 3 is 2.06 bits per heavy atom. The second-order valence-corrected chi connectivity index (χ2v) is 16.4. The number of likely N-dealkylation sites (N-methyl/N-ethyl adjacent to an activating group) is 1. The molecule has 0 aromatic rings. The molecule has 13 heteroatoms. The van der Waals surface area contributed by atoms with E-state index in [9.17, 15) is 30.0 Å². The smallest absolute Gasteiger partial charge is 0.311 e. The summed E-state index contributed by atoms with van der Waals surface area (Å²) in [5.41, 5.74) is -1.71. The fourth-order valence-corrected chi connectivity index (χ4v) is 8.55. The molecule has 0 aromatic heterocycles. The first-order valence-electron chi connectivity index (χ1n) is 18.6. The third kappa shape index (κ3) is 9.26. The van der Waals surface area contributed by atoms with Gasteiger partial charge in [-0.15, -0.1) is 0 Å². The number of hydrogen-bond acceptors (Lipinski definition) is 13. The van der Waals surface area contributed by atoms with E-state index in [-0.39, 0.29) is 36.7 Å². The van der Waals surface area contributed by atoms with Crippen LogP contribution in [0.4, 0.5) is 0 Å². The standard InChI is InChI=1S/C37H65NO12/c1-17-16-37(8,44)34(50-36-31(42)25(38(9)10)14-18(2)46-36)21(5)32(48-27-15-26(45-11)30(41)23(7)47-27)22(6)35(43)49-33(24-12-13-24)20(4)29(40)19(3)28(17)39/h17-27,29-34,36,40-42,44H,12-16H2,1-11H3. The van der Waals surface area contributed by atoms with Crippen LogP contribution in [-0.4, -0.2) is 137 Å². The Morgan fingerprint density at radius 1 is 0.840 bits per heavy atom. The number of methoxy groups -OCH3 is 1. The van der Waals surface area contributed by atoms with Crippen molar-refractivity contribution in [2.24, 2.45) is 35.5 Å². The van der Waals surface area contributed by atoms with Crippen LogP contribution in [0.25, 0.3) is 0 Å². The van der Waals surface area contributed by atoms with E-state index in [1.807, 2.05) is 32.8 Å². The van der Waals surface area contributed by atoms with E-state index >= 15 is 0 Å². The van der Waals surface area contributed by atoms with Gasteiger partial charge in [-0.05, 0) is 73.4 Å². The van der Waals surface area contributed by atoms with Gasteiger partial charge in [-0.1, -0.05) is 27.7 Å². The Balaban J connectivity index is 1.78. The second kappa shape index (κ2) is 16.8. The van der Waals surface area contributed by atoms with Gasteiger partial charge in [0, 0.05) is 43.2 Å². The van der Waals surface area contributed by atoms with E-state index in [1.54, 1.807) is 41.5 Å². The maximum Gasteiger partial charge on any atom is 0.311 e. The van der Waals surface area contributed by atoms with Crippen LogP contribution in [0.15, 0.2) is 0 Å². The van der Waals surface area contributed by atoms with E-state index in [0.29, 0.717) is 6.42 Å². The highest BCUT2D eigenvalue weighted by Crippen LogP contribution is 2.43. The van der Waals surface area contributed by atoms with E-state index in [0.717, 1.165) is 12.8 Å². The lowest BCUT2D eigenvalue weighted by atomic mass is 9.74.